The zero-order valence-electron chi connectivity index (χ0n) is 17.9. The molecule has 1 aromatic carbocycles. The fraction of sp³-hybridized carbons (Fsp3) is 0.478. The van der Waals surface area contributed by atoms with Crippen molar-refractivity contribution in [2.24, 2.45) is 0 Å². The first-order chi connectivity index (χ1) is 13.0. The topological polar surface area (TPSA) is 77.9 Å². The van der Waals surface area contributed by atoms with E-state index in [9.17, 15) is 4.79 Å². The van der Waals surface area contributed by atoms with Gasteiger partial charge in [-0.25, -0.2) is 0 Å². The summed E-state index contributed by atoms with van der Waals surface area (Å²) in [4.78, 5) is 15.6. The minimum Gasteiger partial charge on any atom is -0.480 e. The molecular weight excluding hydrogens is 350 g/mol. The largest absolute Gasteiger partial charge is 0.480 e. The molecule has 2 rings (SSSR count). The van der Waals surface area contributed by atoms with Gasteiger partial charge in [0.05, 0.1) is 5.56 Å². The number of carbonyl (C=O) groups is 1. The van der Waals surface area contributed by atoms with Gasteiger partial charge in [-0.1, -0.05) is 60.6 Å². The average Bonchev–Trinajstić information content (AvgIpc) is 3.05. The van der Waals surface area contributed by atoms with Crippen molar-refractivity contribution in [3.05, 3.63) is 47.2 Å². The Bertz CT molecular complexity index is 876. The number of H-pyrrole nitrogens is 1. The van der Waals surface area contributed by atoms with Crippen molar-refractivity contribution in [1.29, 1.82) is 5.26 Å². The van der Waals surface area contributed by atoms with Gasteiger partial charge in [0.2, 0.25) is 0 Å². The van der Waals surface area contributed by atoms with Crippen molar-refractivity contribution in [3.63, 3.8) is 0 Å². The summed E-state index contributed by atoms with van der Waals surface area (Å²) in [6, 6.07) is 9.86. The Morgan fingerprint density at radius 1 is 1.18 bits per heavy atom. The Labute approximate surface area is 168 Å². The molecule has 0 fully saturated rings. The van der Waals surface area contributed by atoms with Crippen LogP contribution in [0.5, 0.6) is 5.75 Å². The van der Waals surface area contributed by atoms with E-state index in [2.05, 4.69) is 64.0 Å². The Morgan fingerprint density at radius 2 is 1.86 bits per heavy atom. The predicted molar refractivity (Wildman–Crippen MR) is 113 cm³/mol. The fourth-order valence-corrected chi connectivity index (χ4v) is 2.91. The number of amides is 1. The molecule has 0 radical (unpaired) electrons. The van der Waals surface area contributed by atoms with E-state index in [1.54, 1.807) is 12.3 Å². The SMILES string of the molecule is CCC(Oc1ccc(C(C)(C)C)cc1C(C)(C)C)C(=O)Nc1cc(C#N)c[nH]1. The molecule has 2 aromatic rings. The van der Waals surface area contributed by atoms with Gasteiger partial charge in [0, 0.05) is 6.20 Å². The van der Waals surface area contributed by atoms with Gasteiger partial charge in [0.1, 0.15) is 17.6 Å². The number of aromatic nitrogens is 1. The molecule has 2 N–H and O–H groups in total. The van der Waals surface area contributed by atoms with Crippen LogP contribution in [-0.4, -0.2) is 17.0 Å². The number of rotatable bonds is 5. The highest BCUT2D eigenvalue weighted by atomic mass is 16.5. The Morgan fingerprint density at radius 3 is 2.36 bits per heavy atom. The van der Waals surface area contributed by atoms with E-state index in [-0.39, 0.29) is 16.7 Å². The normalized spacial score (nSPS) is 12.9. The highest BCUT2D eigenvalue weighted by molar-refractivity contribution is 5.93. The van der Waals surface area contributed by atoms with Crippen LogP contribution in [-0.2, 0) is 15.6 Å². The minimum absolute atomic E-state index is 0.0339. The first kappa shape index (κ1) is 21.6. The summed E-state index contributed by atoms with van der Waals surface area (Å²) < 4.78 is 6.17. The summed E-state index contributed by atoms with van der Waals surface area (Å²) in [5.74, 6) is 0.975. The van der Waals surface area contributed by atoms with Crippen LogP contribution in [0.2, 0.25) is 0 Å². The summed E-state index contributed by atoms with van der Waals surface area (Å²) in [6.07, 6.45) is 1.46. The number of nitriles is 1. The van der Waals surface area contributed by atoms with Crippen LogP contribution in [0.3, 0.4) is 0 Å². The van der Waals surface area contributed by atoms with Crippen LogP contribution in [0.1, 0.15) is 71.6 Å². The van der Waals surface area contributed by atoms with Crippen molar-refractivity contribution in [2.45, 2.75) is 71.8 Å². The van der Waals surface area contributed by atoms with Gasteiger partial charge in [-0.2, -0.15) is 5.26 Å². The zero-order valence-corrected chi connectivity index (χ0v) is 17.9. The molecule has 1 heterocycles. The maximum absolute atomic E-state index is 12.7. The number of hydrogen-bond acceptors (Lipinski definition) is 3. The minimum atomic E-state index is -0.629. The molecule has 1 atom stereocenters. The van der Waals surface area contributed by atoms with Gasteiger partial charge in [-0.15, -0.1) is 0 Å². The van der Waals surface area contributed by atoms with Crippen LogP contribution in [0.15, 0.2) is 30.5 Å². The van der Waals surface area contributed by atoms with Gasteiger partial charge in [-0.05, 0) is 40.5 Å². The molecule has 0 spiro atoms. The molecular formula is C23H31N3O2. The smallest absolute Gasteiger partial charge is 0.266 e. The number of hydrogen-bond donors (Lipinski definition) is 2. The lowest BCUT2D eigenvalue weighted by molar-refractivity contribution is -0.122. The molecule has 1 amide bonds. The summed E-state index contributed by atoms with van der Waals surface area (Å²) in [5.41, 5.74) is 2.70. The number of anilines is 1. The van der Waals surface area contributed by atoms with E-state index < -0.39 is 6.10 Å². The molecule has 1 unspecified atom stereocenters. The fourth-order valence-electron chi connectivity index (χ4n) is 2.91. The van der Waals surface area contributed by atoms with Crippen LogP contribution < -0.4 is 10.1 Å². The zero-order chi connectivity index (χ0) is 21.1. The molecule has 1 aromatic heterocycles. The number of ether oxygens (including phenoxy) is 1. The van der Waals surface area contributed by atoms with Gasteiger partial charge < -0.3 is 15.0 Å². The van der Waals surface area contributed by atoms with E-state index in [1.165, 1.54) is 5.56 Å². The number of benzene rings is 1. The van der Waals surface area contributed by atoms with E-state index in [4.69, 9.17) is 10.00 Å². The second kappa shape index (κ2) is 8.10. The highest BCUT2D eigenvalue weighted by Gasteiger charge is 2.26. The number of aromatic amines is 1. The molecule has 0 bridgehead atoms. The first-order valence-corrected chi connectivity index (χ1v) is 9.66. The lowest BCUT2D eigenvalue weighted by atomic mass is 9.80. The number of nitrogens with one attached hydrogen (secondary N) is 2. The number of nitrogens with zero attached hydrogens (tertiary/aromatic N) is 1. The molecule has 0 aliphatic rings. The second-order valence-electron chi connectivity index (χ2n) is 9.13. The lowest BCUT2D eigenvalue weighted by Gasteiger charge is -2.28. The molecule has 0 saturated carbocycles. The molecule has 0 aliphatic carbocycles. The van der Waals surface area contributed by atoms with E-state index in [0.29, 0.717) is 17.8 Å². The Hall–Kier alpha value is -2.74. The van der Waals surface area contributed by atoms with Crippen LogP contribution in [0.4, 0.5) is 5.82 Å². The van der Waals surface area contributed by atoms with Gasteiger partial charge in [-0.3, -0.25) is 4.79 Å². The summed E-state index contributed by atoms with van der Waals surface area (Å²) >= 11 is 0. The second-order valence-corrected chi connectivity index (χ2v) is 9.13. The Balaban J connectivity index is 2.28. The van der Waals surface area contributed by atoms with Crippen molar-refractivity contribution in [3.8, 4) is 11.8 Å². The van der Waals surface area contributed by atoms with Crippen molar-refractivity contribution >= 4 is 11.7 Å². The maximum atomic E-state index is 12.7. The van der Waals surface area contributed by atoms with Crippen LogP contribution in [0.25, 0.3) is 0 Å². The molecule has 5 heteroatoms. The number of carbonyl (C=O) groups excluding carboxylic acids is 1. The first-order valence-electron chi connectivity index (χ1n) is 9.66. The van der Waals surface area contributed by atoms with Gasteiger partial charge in [0.15, 0.2) is 6.10 Å². The van der Waals surface area contributed by atoms with Crippen molar-refractivity contribution < 1.29 is 9.53 Å². The molecule has 0 aliphatic heterocycles. The maximum Gasteiger partial charge on any atom is 0.266 e. The third kappa shape index (κ3) is 5.16. The van der Waals surface area contributed by atoms with E-state index >= 15 is 0 Å². The summed E-state index contributed by atoms with van der Waals surface area (Å²) in [6.45, 7) is 14.9. The summed E-state index contributed by atoms with van der Waals surface area (Å²) in [5, 5.41) is 11.7. The Kier molecular flexibility index (Phi) is 6.23. The van der Waals surface area contributed by atoms with E-state index in [1.807, 2.05) is 19.1 Å². The molecule has 150 valence electrons. The quantitative estimate of drug-likeness (QED) is 0.740. The van der Waals surface area contributed by atoms with Crippen LogP contribution >= 0.6 is 0 Å². The molecule has 0 saturated heterocycles. The van der Waals surface area contributed by atoms with Gasteiger partial charge >= 0.3 is 0 Å². The molecule has 28 heavy (non-hydrogen) atoms. The van der Waals surface area contributed by atoms with E-state index in [0.717, 1.165) is 11.3 Å². The lowest BCUT2D eigenvalue weighted by Crippen LogP contribution is -2.33. The van der Waals surface area contributed by atoms with Crippen molar-refractivity contribution in [2.75, 3.05) is 5.32 Å². The van der Waals surface area contributed by atoms with Crippen LogP contribution in [0, 0.1) is 11.3 Å². The highest BCUT2D eigenvalue weighted by Crippen LogP contribution is 2.36. The third-order valence-corrected chi connectivity index (χ3v) is 4.66. The monoisotopic (exact) mass is 381 g/mol. The summed E-state index contributed by atoms with van der Waals surface area (Å²) in [7, 11) is 0. The predicted octanol–water partition coefficient (Wildman–Crippen LogP) is 5.28. The third-order valence-electron chi connectivity index (χ3n) is 4.66. The average molecular weight is 382 g/mol. The molecule has 5 nitrogen and oxygen atoms in total. The van der Waals surface area contributed by atoms with Gasteiger partial charge in [0.25, 0.3) is 5.91 Å². The standard InChI is InChI=1S/C23H31N3O2/c1-8-18(21(27)26-20-11-15(13-24)14-25-20)28-19-10-9-16(22(2,3)4)12-17(19)23(5,6)7/h9-12,14,18,25H,8H2,1-7H3,(H,26,27). The van der Waals surface area contributed by atoms with Crippen molar-refractivity contribution in [1.82, 2.24) is 4.98 Å².